The monoisotopic (exact) mass is 562 g/mol. The van der Waals surface area contributed by atoms with Crippen LogP contribution in [0.2, 0.25) is 5.02 Å². The van der Waals surface area contributed by atoms with Crippen LogP contribution in [0.25, 0.3) is 16.9 Å². The highest BCUT2D eigenvalue weighted by Crippen LogP contribution is 2.30. The van der Waals surface area contributed by atoms with E-state index in [2.05, 4.69) is 5.32 Å². The molecule has 0 aliphatic rings. The van der Waals surface area contributed by atoms with Gasteiger partial charge in [-0.2, -0.15) is 0 Å². The van der Waals surface area contributed by atoms with Crippen molar-refractivity contribution in [2.24, 2.45) is 0 Å². The minimum atomic E-state index is -0.416. The maximum atomic E-state index is 13.3. The zero-order chi connectivity index (χ0) is 28.6. The zero-order valence-corrected chi connectivity index (χ0v) is 23.6. The molecule has 1 N–H and O–H groups in total. The lowest BCUT2D eigenvalue weighted by Crippen LogP contribution is -2.40. The van der Waals surface area contributed by atoms with Crippen LogP contribution in [0.5, 0.6) is 11.5 Å². The predicted octanol–water partition coefficient (Wildman–Crippen LogP) is 5.25. The molecule has 0 radical (unpaired) electrons. The number of benzene rings is 3. The van der Waals surface area contributed by atoms with Gasteiger partial charge in [-0.3, -0.25) is 19.5 Å². The van der Waals surface area contributed by atoms with E-state index in [1.807, 2.05) is 31.2 Å². The summed E-state index contributed by atoms with van der Waals surface area (Å²) >= 11 is 6.08. The van der Waals surface area contributed by atoms with Crippen molar-refractivity contribution in [2.75, 3.05) is 46.3 Å². The molecule has 4 rings (SSSR count). The largest absolute Gasteiger partial charge is 0.497 e. The molecule has 0 aliphatic heterocycles. The molecule has 0 bridgehead atoms. The zero-order valence-electron chi connectivity index (χ0n) is 22.8. The van der Waals surface area contributed by atoms with Gasteiger partial charge in [0, 0.05) is 54.2 Å². The van der Waals surface area contributed by atoms with Gasteiger partial charge in [0.15, 0.2) is 0 Å². The fourth-order valence-electron chi connectivity index (χ4n) is 4.03. The summed E-state index contributed by atoms with van der Waals surface area (Å²) in [5, 5.41) is 3.48. The first kappa shape index (κ1) is 28.7. The van der Waals surface area contributed by atoms with Crippen molar-refractivity contribution in [3.63, 3.8) is 0 Å². The third kappa shape index (κ3) is 6.99. The average Bonchev–Trinajstić information content (AvgIpc) is 3.38. The molecule has 10 heteroatoms. The second kappa shape index (κ2) is 13.1. The van der Waals surface area contributed by atoms with Gasteiger partial charge < -0.3 is 19.1 Å². The number of imidazole rings is 1. The third-order valence-electron chi connectivity index (χ3n) is 6.20. The molecule has 208 valence electrons. The maximum Gasteiger partial charge on any atom is 0.254 e. The Bertz CT molecular complexity index is 1450. The van der Waals surface area contributed by atoms with E-state index in [0.29, 0.717) is 33.5 Å². The molecular formula is C30H31ClN4O5. The number of carbonyl (C=O) groups is 2. The summed E-state index contributed by atoms with van der Waals surface area (Å²) < 4.78 is 17.8. The number of nitrogens with one attached hydrogen (secondary N) is 1. The van der Waals surface area contributed by atoms with Crippen molar-refractivity contribution in [3.8, 4) is 28.4 Å². The Kier molecular flexibility index (Phi) is 9.42. The van der Waals surface area contributed by atoms with E-state index >= 15 is 0 Å². The van der Waals surface area contributed by atoms with Crippen LogP contribution < -0.4 is 14.8 Å². The second-order valence-electron chi connectivity index (χ2n) is 9.03. The van der Waals surface area contributed by atoms with E-state index in [-0.39, 0.29) is 31.6 Å². The van der Waals surface area contributed by atoms with E-state index in [4.69, 9.17) is 30.8 Å². The van der Waals surface area contributed by atoms with Gasteiger partial charge in [0.05, 0.1) is 32.2 Å². The molecule has 9 nitrogen and oxygen atoms in total. The number of methoxy groups -OCH3 is 3. The molecule has 4 aromatic rings. The smallest absolute Gasteiger partial charge is 0.254 e. The number of nitrogens with zero attached hydrogens (tertiary/aromatic N) is 3. The molecule has 0 aliphatic carbocycles. The van der Waals surface area contributed by atoms with Crippen molar-refractivity contribution in [3.05, 3.63) is 89.1 Å². The van der Waals surface area contributed by atoms with Gasteiger partial charge in [-0.25, -0.2) is 4.98 Å². The van der Waals surface area contributed by atoms with Gasteiger partial charge >= 0.3 is 0 Å². The van der Waals surface area contributed by atoms with Crippen molar-refractivity contribution in [2.45, 2.75) is 6.92 Å². The number of carbonyl (C=O) groups excluding carboxylic acids is 2. The number of hydrogen-bond acceptors (Lipinski definition) is 6. The Morgan fingerprint density at radius 1 is 0.950 bits per heavy atom. The summed E-state index contributed by atoms with van der Waals surface area (Å²) in [4.78, 5) is 32.7. The number of hydrogen-bond donors (Lipinski definition) is 1. The van der Waals surface area contributed by atoms with E-state index in [0.717, 1.165) is 11.1 Å². The minimum absolute atomic E-state index is 0.194. The quantitative estimate of drug-likeness (QED) is 0.268. The molecule has 0 spiro atoms. The summed E-state index contributed by atoms with van der Waals surface area (Å²) in [5.74, 6) is 0.723. The highest BCUT2D eigenvalue weighted by atomic mass is 35.5. The van der Waals surface area contributed by atoms with E-state index in [9.17, 15) is 9.59 Å². The highest BCUT2D eigenvalue weighted by molar-refractivity contribution is 6.30. The highest BCUT2D eigenvalue weighted by Gasteiger charge is 2.21. The van der Waals surface area contributed by atoms with Crippen molar-refractivity contribution < 1.29 is 23.8 Å². The Morgan fingerprint density at radius 3 is 2.20 bits per heavy atom. The van der Waals surface area contributed by atoms with Crippen molar-refractivity contribution in [1.82, 2.24) is 14.5 Å². The van der Waals surface area contributed by atoms with E-state index in [1.165, 1.54) is 4.90 Å². The summed E-state index contributed by atoms with van der Waals surface area (Å²) in [5.41, 5.74) is 3.61. The second-order valence-corrected chi connectivity index (χ2v) is 9.47. The van der Waals surface area contributed by atoms with Gasteiger partial charge in [0.2, 0.25) is 11.9 Å². The van der Waals surface area contributed by atoms with Crippen molar-refractivity contribution in [1.29, 1.82) is 0 Å². The lowest BCUT2D eigenvalue weighted by Gasteiger charge is -2.22. The molecule has 2 amide bonds. The SMILES string of the molecule is COCCN(CC(=O)Nc1nc(-c2ccc(Cl)cc2)cn1-c1cc(OC)cc(OC)c1)C(=O)c1ccc(C)cc1. The van der Waals surface area contributed by atoms with Crippen LogP contribution in [0.3, 0.4) is 0 Å². The molecule has 1 aromatic heterocycles. The molecule has 0 saturated carbocycles. The predicted molar refractivity (Wildman–Crippen MR) is 155 cm³/mol. The molecular weight excluding hydrogens is 532 g/mol. The Labute approximate surface area is 238 Å². The number of amides is 2. The molecule has 0 unspecified atom stereocenters. The first-order valence-corrected chi connectivity index (χ1v) is 12.9. The number of aromatic nitrogens is 2. The average molecular weight is 563 g/mol. The molecule has 1 heterocycles. The van der Waals surface area contributed by atoms with Gasteiger partial charge in [-0.1, -0.05) is 41.4 Å². The molecule has 0 atom stereocenters. The number of aryl methyl sites for hydroxylation is 1. The van der Waals surface area contributed by atoms with Crippen molar-refractivity contribution >= 4 is 29.4 Å². The van der Waals surface area contributed by atoms with Crippen LogP contribution in [-0.2, 0) is 9.53 Å². The summed E-state index contributed by atoms with van der Waals surface area (Å²) in [6, 6.07) is 19.8. The van der Waals surface area contributed by atoms with Crippen LogP contribution >= 0.6 is 11.6 Å². The maximum absolute atomic E-state index is 13.3. The first-order chi connectivity index (χ1) is 19.3. The van der Waals surface area contributed by atoms with Gasteiger partial charge in [0.25, 0.3) is 5.91 Å². The van der Waals surface area contributed by atoms with Crippen LogP contribution in [0.1, 0.15) is 15.9 Å². The van der Waals surface area contributed by atoms with Gasteiger partial charge in [0.1, 0.15) is 18.0 Å². The van der Waals surface area contributed by atoms with Gasteiger partial charge in [-0.15, -0.1) is 0 Å². The number of rotatable bonds is 11. The topological polar surface area (TPSA) is 94.9 Å². The lowest BCUT2D eigenvalue weighted by atomic mass is 10.1. The number of anilines is 1. The number of ether oxygens (including phenoxy) is 3. The molecule has 0 fully saturated rings. The summed E-state index contributed by atoms with van der Waals surface area (Å²) in [6.07, 6.45) is 1.80. The fraction of sp³-hybridized carbons (Fsp3) is 0.233. The molecule has 3 aromatic carbocycles. The Morgan fingerprint density at radius 2 is 1.60 bits per heavy atom. The normalized spacial score (nSPS) is 10.7. The van der Waals surface area contributed by atoms with Crippen LogP contribution in [-0.4, -0.2) is 67.3 Å². The fourth-order valence-corrected chi connectivity index (χ4v) is 4.15. The van der Waals surface area contributed by atoms with Crippen LogP contribution in [0.4, 0.5) is 5.95 Å². The molecule has 0 saturated heterocycles. The first-order valence-electron chi connectivity index (χ1n) is 12.5. The number of halogens is 1. The summed E-state index contributed by atoms with van der Waals surface area (Å²) in [7, 11) is 4.67. The Hall–Kier alpha value is -4.34. The molecule has 40 heavy (non-hydrogen) atoms. The summed E-state index contributed by atoms with van der Waals surface area (Å²) in [6.45, 7) is 2.28. The van der Waals surface area contributed by atoms with E-state index < -0.39 is 5.91 Å². The standard InChI is InChI=1S/C30H31ClN4O5/c1-20-5-7-22(8-6-20)29(37)34(13-14-38-2)19-28(36)33-30-32-27(21-9-11-23(31)12-10-21)18-35(30)24-15-25(39-3)17-26(16-24)40-4/h5-12,15-18H,13-14,19H2,1-4H3,(H,32,33,36). The third-order valence-corrected chi connectivity index (χ3v) is 6.45. The van der Waals surface area contributed by atoms with Gasteiger partial charge in [-0.05, 0) is 31.2 Å². The Balaban J connectivity index is 1.66. The van der Waals surface area contributed by atoms with Crippen LogP contribution in [0, 0.1) is 6.92 Å². The van der Waals surface area contributed by atoms with E-state index in [1.54, 1.807) is 74.6 Å². The minimum Gasteiger partial charge on any atom is -0.497 e. The van der Waals surface area contributed by atoms with Crippen LogP contribution in [0.15, 0.2) is 72.9 Å². The lowest BCUT2D eigenvalue weighted by molar-refractivity contribution is -0.117.